The standard InChI is InChI=1S/C26H29ClN2O5/c27-19-7-1-16(2-8-19)22-15-23(22)25(31)29-14-13-28-24(30)17-3-9-20(10-4-17)34-21-11-5-18(6-12-21)26(32)33/h1-4,7-10,18,21-23H,5-6,11-15H2,(H,28,30)(H,29,31)(H,32,33)/t18?,21?,22-,23+/m0/s1. The summed E-state index contributed by atoms with van der Waals surface area (Å²) in [6.45, 7) is 0.711. The van der Waals surface area contributed by atoms with Crippen LogP contribution in [0.3, 0.4) is 0 Å². The molecule has 0 radical (unpaired) electrons. The van der Waals surface area contributed by atoms with Gasteiger partial charge in [-0.2, -0.15) is 0 Å². The van der Waals surface area contributed by atoms with Gasteiger partial charge in [0.25, 0.3) is 5.91 Å². The van der Waals surface area contributed by atoms with Crippen molar-refractivity contribution in [3.63, 3.8) is 0 Å². The van der Waals surface area contributed by atoms with E-state index in [1.54, 1.807) is 24.3 Å². The number of carboxylic acids is 1. The average molecular weight is 485 g/mol. The Balaban J connectivity index is 1.14. The lowest BCUT2D eigenvalue weighted by molar-refractivity contribution is -0.143. The smallest absolute Gasteiger partial charge is 0.306 e. The van der Waals surface area contributed by atoms with E-state index in [1.807, 2.05) is 24.3 Å². The molecular weight excluding hydrogens is 456 g/mol. The van der Waals surface area contributed by atoms with Gasteiger partial charge < -0.3 is 20.5 Å². The first-order valence-electron chi connectivity index (χ1n) is 11.7. The number of benzene rings is 2. The third-order valence-corrected chi connectivity index (χ3v) is 6.83. The number of hydrogen-bond donors (Lipinski definition) is 3. The first-order valence-corrected chi connectivity index (χ1v) is 12.1. The summed E-state index contributed by atoms with van der Waals surface area (Å²) in [5.74, 6) is -0.333. The van der Waals surface area contributed by atoms with Gasteiger partial charge in [0, 0.05) is 29.6 Å². The van der Waals surface area contributed by atoms with Gasteiger partial charge in [0.15, 0.2) is 0 Å². The number of nitrogens with one attached hydrogen (secondary N) is 2. The number of amides is 2. The predicted octanol–water partition coefficient (Wildman–Crippen LogP) is 4.01. The quantitative estimate of drug-likeness (QED) is 0.466. The molecule has 2 saturated carbocycles. The van der Waals surface area contributed by atoms with Crippen LogP contribution in [0.15, 0.2) is 48.5 Å². The maximum atomic E-state index is 12.4. The molecule has 0 aliphatic heterocycles. The van der Waals surface area contributed by atoms with E-state index in [-0.39, 0.29) is 35.7 Å². The summed E-state index contributed by atoms with van der Waals surface area (Å²) >= 11 is 5.91. The molecule has 0 unspecified atom stereocenters. The molecule has 0 bridgehead atoms. The van der Waals surface area contributed by atoms with E-state index in [4.69, 9.17) is 21.4 Å². The van der Waals surface area contributed by atoms with Gasteiger partial charge in [-0.05, 0) is 80.0 Å². The molecule has 2 atom stereocenters. The van der Waals surface area contributed by atoms with Crippen LogP contribution in [0.2, 0.25) is 5.02 Å². The van der Waals surface area contributed by atoms with E-state index in [1.165, 1.54) is 0 Å². The highest BCUT2D eigenvalue weighted by molar-refractivity contribution is 6.30. The highest BCUT2D eigenvalue weighted by Crippen LogP contribution is 2.47. The van der Waals surface area contributed by atoms with Crippen LogP contribution in [0.5, 0.6) is 5.75 Å². The lowest BCUT2D eigenvalue weighted by Gasteiger charge is -2.26. The first-order chi connectivity index (χ1) is 16.4. The molecule has 3 N–H and O–H groups in total. The molecule has 4 rings (SSSR count). The molecule has 180 valence electrons. The molecule has 2 amide bonds. The zero-order valence-corrected chi connectivity index (χ0v) is 19.6. The zero-order valence-electron chi connectivity index (χ0n) is 18.8. The van der Waals surface area contributed by atoms with Crippen molar-refractivity contribution in [2.45, 2.75) is 44.1 Å². The van der Waals surface area contributed by atoms with Gasteiger partial charge in [-0.25, -0.2) is 0 Å². The molecule has 2 aliphatic rings. The summed E-state index contributed by atoms with van der Waals surface area (Å²) in [4.78, 5) is 35.8. The minimum absolute atomic E-state index is 0.00430. The Hall–Kier alpha value is -3.06. The van der Waals surface area contributed by atoms with Crippen LogP contribution in [0.4, 0.5) is 0 Å². The number of ether oxygens (including phenoxy) is 1. The van der Waals surface area contributed by atoms with Crippen molar-refractivity contribution >= 4 is 29.4 Å². The molecule has 34 heavy (non-hydrogen) atoms. The molecule has 2 aromatic rings. The molecule has 8 heteroatoms. The summed E-state index contributed by atoms with van der Waals surface area (Å²) < 4.78 is 5.94. The molecular formula is C26H29ClN2O5. The van der Waals surface area contributed by atoms with E-state index in [2.05, 4.69) is 10.6 Å². The van der Waals surface area contributed by atoms with Gasteiger partial charge in [0.2, 0.25) is 5.91 Å². The van der Waals surface area contributed by atoms with Crippen molar-refractivity contribution in [2.24, 2.45) is 11.8 Å². The largest absolute Gasteiger partial charge is 0.490 e. The molecule has 0 saturated heterocycles. The van der Waals surface area contributed by atoms with Crippen LogP contribution in [0.1, 0.15) is 53.9 Å². The highest BCUT2D eigenvalue weighted by Gasteiger charge is 2.43. The van der Waals surface area contributed by atoms with Crippen molar-refractivity contribution in [3.8, 4) is 5.75 Å². The average Bonchev–Trinajstić information content (AvgIpc) is 3.64. The number of aliphatic carboxylic acids is 1. The Morgan fingerprint density at radius 2 is 1.56 bits per heavy atom. The Kier molecular flexibility index (Phi) is 7.73. The van der Waals surface area contributed by atoms with E-state index < -0.39 is 5.97 Å². The second-order valence-electron chi connectivity index (χ2n) is 9.00. The molecule has 0 heterocycles. The zero-order chi connectivity index (χ0) is 24.1. The summed E-state index contributed by atoms with van der Waals surface area (Å²) in [5, 5.41) is 15.5. The molecule has 2 aromatic carbocycles. The van der Waals surface area contributed by atoms with Crippen LogP contribution in [0.25, 0.3) is 0 Å². The fraction of sp³-hybridized carbons (Fsp3) is 0.423. The van der Waals surface area contributed by atoms with E-state index in [0.717, 1.165) is 12.0 Å². The number of halogens is 1. The topological polar surface area (TPSA) is 105 Å². The minimum atomic E-state index is -0.733. The summed E-state index contributed by atoms with van der Waals surface area (Å²) in [5.41, 5.74) is 1.64. The number of rotatable bonds is 9. The summed E-state index contributed by atoms with van der Waals surface area (Å²) in [6.07, 6.45) is 3.51. The SMILES string of the molecule is O=C(NCCNC(=O)[C@@H]1C[C@H]1c1ccc(Cl)cc1)c1ccc(OC2CCC(C(=O)O)CC2)cc1. The van der Waals surface area contributed by atoms with Gasteiger partial charge in [-0.1, -0.05) is 23.7 Å². The summed E-state index contributed by atoms with van der Waals surface area (Å²) in [7, 11) is 0. The monoisotopic (exact) mass is 484 g/mol. The minimum Gasteiger partial charge on any atom is -0.490 e. The van der Waals surface area contributed by atoms with Gasteiger partial charge >= 0.3 is 5.97 Å². The normalized spacial score (nSPS) is 23.6. The van der Waals surface area contributed by atoms with Crippen molar-refractivity contribution in [3.05, 3.63) is 64.7 Å². The maximum absolute atomic E-state index is 12.4. The number of carbonyl (C=O) groups excluding carboxylic acids is 2. The Bertz CT molecular complexity index is 1020. The van der Waals surface area contributed by atoms with Gasteiger partial charge in [0.1, 0.15) is 5.75 Å². The second-order valence-corrected chi connectivity index (χ2v) is 9.44. The molecule has 0 aromatic heterocycles. The predicted molar refractivity (Wildman–Crippen MR) is 128 cm³/mol. The molecule has 7 nitrogen and oxygen atoms in total. The third kappa shape index (κ3) is 6.29. The number of hydrogen-bond acceptors (Lipinski definition) is 4. The Labute approximate surface area is 203 Å². The number of carbonyl (C=O) groups is 3. The Morgan fingerprint density at radius 1 is 0.912 bits per heavy atom. The van der Waals surface area contributed by atoms with Gasteiger partial charge in [-0.3, -0.25) is 14.4 Å². The first kappa shape index (κ1) is 24.1. The van der Waals surface area contributed by atoms with Crippen LogP contribution in [-0.2, 0) is 9.59 Å². The maximum Gasteiger partial charge on any atom is 0.306 e. The Morgan fingerprint density at radius 3 is 2.21 bits per heavy atom. The van der Waals surface area contributed by atoms with Crippen LogP contribution in [-0.4, -0.2) is 42.1 Å². The van der Waals surface area contributed by atoms with Crippen LogP contribution in [0, 0.1) is 11.8 Å². The van der Waals surface area contributed by atoms with Gasteiger partial charge in [0.05, 0.1) is 12.0 Å². The molecule has 0 spiro atoms. The van der Waals surface area contributed by atoms with E-state index in [9.17, 15) is 14.4 Å². The lowest BCUT2D eigenvalue weighted by Crippen LogP contribution is -2.35. The van der Waals surface area contributed by atoms with Gasteiger partial charge in [-0.15, -0.1) is 0 Å². The highest BCUT2D eigenvalue weighted by atomic mass is 35.5. The third-order valence-electron chi connectivity index (χ3n) is 6.58. The van der Waals surface area contributed by atoms with Crippen molar-refractivity contribution in [1.82, 2.24) is 10.6 Å². The van der Waals surface area contributed by atoms with Crippen LogP contribution >= 0.6 is 11.6 Å². The van der Waals surface area contributed by atoms with E-state index >= 15 is 0 Å². The fourth-order valence-electron chi connectivity index (χ4n) is 4.46. The number of carboxylic acid groups (broad SMARTS) is 1. The molecule has 2 aliphatic carbocycles. The summed E-state index contributed by atoms with van der Waals surface area (Å²) in [6, 6.07) is 14.5. The fourth-order valence-corrected chi connectivity index (χ4v) is 4.59. The molecule has 2 fully saturated rings. The van der Waals surface area contributed by atoms with Crippen molar-refractivity contribution in [2.75, 3.05) is 13.1 Å². The second kappa shape index (κ2) is 10.9. The van der Waals surface area contributed by atoms with Crippen LogP contribution < -0.4 is 15.4 Å². The van der Waals surface area contributed by atoms with E-state index in [0.29, 0.717) is 55.1 Å². The van der Waals surface area contributed by atoms with Crippen molar-refractivity contribution < 1.29 is 24.2 Å². The van der Waals surface area contributed by atoms with Crippen molar-refractivity contribution in [1.29, 1.82) is 0 Å². The lowest BCUT2D eigenvalue weighted by atomic mass is 9.87.